The SMILES string of the molecule is CCC(CNC)C(=O)c1ccc(F)c(C)c1. The fraction of sp³-hybridized carbons (Fsp3) is 0.462. The van der Waals surface area contributed by atoms with E-state index >= 15 is 0 Å². The van der Waals surface area contributed by atoms with Gasteiger partial charge in [-0.1, -0.05) is 6.92 Å². The lowest BCUT2D eigenvalue weighted by Gasteiger charge is -2.13. The van der Waals surface area contributed by atoms with E-state index in [-0.39, 0.29) is 17.5 Å². The van der Waals surface area contributed by atoms with Crippen molar-refractivity contribution in [1.29, 1.82) is 0 Å². The molecule has 0 amide bonds. The van der Waals surface area contributed by atoms with E-state index in [4.69, 9.17) is 0 Å². The fourth-order valence-electron chi connectivity index (χ4n) is 1.70. The quantitative estimate of drug-likeness (QED) is 0.777. The van der Waals surface area contributed by atoms with Crippen LogP contribution in [0.4, 0.5) is 4.39 Å². The minimum atomic E-state index is -0.266. The van der Waals surface area contributed by atoms with Crippen LogP contribution in [0, 0.1) is 18.7 Å². The maximum Gasteiger partial charge on any atom is 0.167 e. The molecule has 0 aliphatic rings. The van der Waals surface area contributed by atoms with Gasteiger partial charge in [0.25, 0.3) is 0 Å². The molecule has 0 aliphatic carbocycles. The van der Waals surface area contributed by atoms with Gasteiger partial charge >= 0.3 is 0 Å². The Labute approximate surface area is 95.9 Å². The second kappa shape index (κ2) is 5.75. The number of hydrogen-bond donors (Lipinski definition) is 1. The number of rotatable bonds is 5. The molecule has 0 saturated carbocycles. The minimum Gasteiger partial charge on any atom is -0.319 e. The molecular weight excluding hydrogens is 205 g/mol. The Balaban J connectivity index is 2.90. The van der Waals surface area contributed by atoms with Gasteiger partial charge in [0.1, 0.15) is 5.82 Å². The zero-order chi connectivity index (χ0) is 12.1. The summed E-state index contributed by atoms with van der Waals surface area (Å²) in [6, 6.07) is 4.54. The highest BCUT2D eigenvalue weighted by atomic mass is 19.1. The third-order valence-corrected chi connectivity index (χ3v) is 2.76. The van der Waals surface area contributed by atoms with Crippen LogP contribution in [0.2, 0.25) is 0 Å². The van der Waals surface area contributed by atoms with Gasteiger partial charge in [-0.05, 0) is 44.2 Å². The van der Waals surface area contributed by atoms with Crippen LogP contribution >= 0.6 is 0 Å². The van der Waals surface area contributed by atoms with Gasteiger partial charge in [-0.15, -0.1) is 0 Å². The van der Waals surface area contributed by atoms with Crippen molar-refractivity contribution >= 4 is 5.78 Å². The molecule has 1 atom stereocenters. The Morgan fingerprint density at radius 3 is 2.69 bits per heavy atom. The van der Waals surface area contributed by atoms with Crippen LogP contribution in [0.25, 0.3) is 0 Å². The van der Waals surface area contributed by atoms with E-state index in [9.17, 15) is 9.18 Å². The first-order valence-electron chi connectivity index (χ1n) is 5.55. The molecule has 0 bridgehead atoms. The molecule has 1 N–H and O–H groups in total. The molecule has 0 saturated heterocycles. The molecule has 0 fully saturated rings. The van der Waals surface area contributed by atoms with Crippen LogP contribution < -0.4 is 5.32 Å². The van der Waals surface area contributed by atoms with E-state index in [2.05, 4.69) is 5.32 Å². The standard InChI is InChI=1S/C13H18FNO/c1-4-10(8-15-3)13(16)11-5-6-12(14)9(2)7-11/h5-7,10,15H,4,8H2,1-3H3. The lowest BCUT2D eigenvalue weighted by atomic mass is 9.94. The Bertz CT molecular complexity index is 376. The molecule has 0 radical (unpaired) electrons. The number of aryl methyl sites for hydroxylation is 1. The summed E-state index contributed by atoms with van der Waals surface area (Å²) in [7, 11) is 1.83. The smallest absolute Gasteiger partial charge is 0.167 e. The van der Waals surface area contributed by atoms with Crippen molar-refractivity contribution in [2.45, 2.75) is 20.3 Å². The molecular formula is C13H18FNO. The average molecular weight is 223 g/mol. The van der Waals surface area contributed by atoms with E-state index in [1.807, 2.05) is 14.0 Å². The summed E-state index contributed by atoms with van der Waals surface area (Å²) < 4.78 is 13.1. The summed E-state index contributed by atoms with van der Waals surface area (Å²) >= 11 is 0. The van der Waals surface area contributed by atoms with Gasteiger partial charge in [-0.25, -0.2) is 4.39 Å². The number of benzene rings is 1. The van der Waals surface area contributed by atoms with Crippen LogP contribution in [0.1, 0.15) is 29.3 Å². The van der Waals surface area contributed by atoms with E-state index < -0.39 is 0 Å². The van der Waals surface area contributed by atoms with Crippen LogP contribution in [0.3, 0.4) is 0 Å². The van der Waals surface area contributed by atoms with Crippen LogP contribution in [-0.2, 0) is 0 Å². The van der Waals surface area contributed by atoms with Gasteiger partial charge < -0.3 is 5.32 Å². The predicted molar refractivity (Wildman–Crippen MR) is 63.2 cm³/mol. The number of Topliss-reactive ketones (excluding diaryl/α,β-unsaturated/α-hetero) is 1. The molecule has 3 heteroatoms. The van der Waals surface area contributed by atoms with Crippen molar-refractivity contribution in [2.75, 3.05) is 13.6 Å². The normalized spacial score (nSPS) is 12.5. The van der Waals surface area contributed by atoms with E-state index in [0.717, 1.165) is 6.42 Å². The Morgan fingerprint density at radius 1 is 1.50 bits per heavy atom. The molecule has 1 unspecified atom stereocenters. The number of hydrogen-bond acceptors (Lipinski definition) is 2. The fourth-order valence-corrected chi connectivity index (χ4v) is 1.70. The highest BCUT2D eigenvalue weighted by molar-refractivity contribution is 5.98. The van der Waals surface area contributed by atoms with Crippen molar-refractivity contribution in [3.63, 3.8) is 0 Å². The van der Waals surface area contributed by atoms with Crippen molar-refractivity contribution in [3.8, 4) is 0 Å². The second-order valence-electron chi connectivity index (χ2n) is 3.99. The number of carbonyl (C=O) groups is 1. The van der Waals surface area contributed by atoms with E-state index in [1.165, 1.54) is 6.07 Å². The number of carbonyl (C=O) groups excluding carboxylic acids is 1. The number of halogens is 1. The first kappa shape index (κ1) is 12.8. The molecule has 88 valence electrons. The summed E-state index contributed by atoms with van der Waals surface area (Å²) in [6.07, 6.45) is 0.788. The summed E-state index contributed by atoms with van der Waals surface area (Å²) in [4.78, 5) is 12.1. The van der Waals surface area contributed by atoms with Crippen molar-refractivity contribution < 1.29 is 9.18 Å². The zero-order valence-corrected chi connectivity index (χ0v) is 10.0. The molecule has 1 rings (SSSR count). The molecule has 0 aliphatic heterocycles. The summed E-state index contributed by atoms with van der Waals surface area (Å²) in [5.41, 5.74) is 1.12. The second-order valence-corrected chi connectivity index (χ2v) is 3.99. The summed E-state index contributed by atoms with van der Waals surface area (Å²) in [6.45, 7) is 4.31. The summed E-state index contributed by atoms with van der Waals surface area (Å²) in [5, 5.41) is 3.00. The lowest BCUT2D eigenvalue weighted by molar-refractivity contribution is 0.0916. The minimum absolute atomic E-state index is 0.0325. The molecule has 0 aromatic heterocycles. The van der Waals surface area contributed by atoms with Gasteiger partial charge in [0.05, 0.1) is 0 Å². The van der Waals surface area contributed by atoms with Gasteiger partial charge in [0.2, 0.25) is 0 Å². The number of nitrogens with one attached hydrogen (secondary N) is 1. The Kier molecular flexibility index (Phi) is 4.62. The maximum absolute atomic E-state index is 13.1. The highest BCUT2D eigenvalue weighted by Crippen LogP contribution is 2.15. The summed E-state index contributed by atoms with van der Waals surface area (Å²) in [5.74, 6) is -0.215. The molecule has 1 aromatic rings. The van der Waals surface area contributed by atoms with Gasteiger partial charge in [0.15, 0.2) is 5.78 Å². The predicted octanol–water partition coefficient (Wildman–Crippen LogP) is 2.56. The third kappa shape index (κ3) is 2.89. The lowest BCUT2D eigenvalue weighted by Crippen LogP contribution is -2.25. The van der Waals surface area contributed by atoms with Crippen molar-refractivity contribution in [2.24, 2.45) is 5.92 Å². The first-order chi connectivity index (χ1) is 7.60. The maximum atomic E-state index is 13.1. The molecule has 16 heavy (non-hydrogen) atoms. The molecule has 0 spiro atoms. The van der Waals surface area contributed by atoms with Crippen molar-refractivity contribution in [1.82, 2.24) is 5.32 Å². The Morgan fingerprint density at radius 2 is 2.19 bits per heavy atom. The van der Waals surface area contributed by atoms with Gasteiger partial charge in [-0.3, -0.25) is 4.79 Å². The first-order valence-corrected chi connectivity index (χ1v) is 5.55. The Hall–Kier alpha value is -1.22. The van der Waals surface area contributed by atoms with E-state index in [0.29, 0.717) is 17.7 Å². The van der Waals surface area contributed by atoms with Crippen LogP contribution in [-0.4, -0.2) is 19.4 Å². The average Bonchev–Trinajstić information content (AvgIpc) is 2.28. The van der Waals surface area contributed by atoms with Crippen LogP contribution in [0.15, 0.2) is 18.2 Å². The van der Waals surface area contributed by atoms with Gasteiger partial charge in [0, 0.05) is 18.0 Å². The number of ketones is 1. The van der Waals surface area contributed by atoms with Crippen LogP contribution in [0.5, 0.6) is 0 Å². The highest BCUT2D eigenvalue weighted by Gasteiger charge is 2.17. The van der Waals surface area contributed by atoms with Crippen molar-refractivity contribution in [3.05, 3.63) is 35.1 Å². The molecule has 0 heterocycles. The molecule has 1 aromatic carbocycles. The third-order valence-electron chi connectivity index (χ3n) is 2.76. The topological polar surface area (TPSA) is 29.1 Å². The largest absolute Gasteiger partial charge is 0.319 e. The monoisotopic (exact) mass is 223 g/mol. The van der Waals surface area contributed by atoms with E-state index in [1.54, 1.807) is 19.1 Å². The molecule has 2 nitrogen and oxygen atoms in total. The zero-order valence-electron chi connectivity index (χ0n) is 10.0. The van der Waals surface area contributed by atoms with Gasteiger partial charge in [-0.2, -0.15) is 0 Å².